The van der Waals surface area contributed by atoms with Gasteiger partial charge in [0.15, 0.2) is 0 Å². The second-order valence-electron chi connectivity index (χ2n) is 12.1. The zero-order chi connectivity index (χ0) is 32.6. The summed E-state index contributed by atoms with van der Waals surface area (Å²) < 4.78 is 13.4. The van der Waals surface area contributed by atoms with Crippen LogP contribution in [0, 0.1) is 5.82 Å². The maximum Gasteiger partial charge on any atom is 0.247 e. The van der Waals surface area contributed by atoms with E-state index in [1.165, 1.54) is 12.1 Å². The van der Waals surface area contributed by atoms with E-state index >= 15 is 0 Å². The molecule has 0 saturated carbocycles. The first-order valence-electron chi connectivity index (χ1n) is 16.0. The Kier molecular flexibility index (Phi) is 10.8. The zero-order valence-corrected chi connectivity index (χ0v) is 26.3. The largest absolute Gasteiger partial charge is 0.343 e. The van der Waals surface area contributed by atoms with Crippen LogP contribution in [-0.4, -0.2) is 77.7 Å². The highest BCUT2D eigenvalue weighted by atomic mass is 19.1. The van der Waals surface area contributed by atoms with Gasteiger partial charge in [-0.3, -0.25) is 19.2 Å². The van der Waals surface area contributed by atoms with E-state index < -0.39 is 24.2 Å². The monoisotopic (exact) mass is 627 g/mol. The predicted molar refractivity (Wildman–Crippen MR) is 173 cm³/mol. The van der Waals surface area contributed by atoms with Gasteiger partial charge in [0.2, 0.25) is 23.6 Å². The van der Waals surface area contributed by atoms with Gasteiger partial charge in [0, 0.05) is 25.6 Å². The minimum Gasteiger partial charge on any atom is -0.343 e. The van der Waals surface area contributed by atoms with Gasteiger partial charge in [-0.25, -0.2) is 4.39 Å². The number of benzene rings is 3. The fourth-order valence-electron chi connectivity index (χ4n) is 6.34. The van der Waals surface area contributed by atoms with Gasteiger partial charge >= 0.3 is 0 Å². The van der Waals surface area contributed by atoms with Crippen LogP contribution in [0.25, 0.3) is 0 Å². The first-order chi connectivity index (χ1) is 22.2. The minimum atomic E-state index is -1.02. The van der Waals surface area contributed by atoms with Gasteiger partial charge in [-0.15, -0.1) is 0 Å². The zero-order valence-electron chi connectivity index (χ0n) is 26.3. The van der Waals surface area contributed by atoms with Gasteiger partial charge in [0.25, 0.3) is 0 Å². The van der Waals surface area contributed by atoms with Crippen molar-refractivity contribution in [2.24, 2.45) is 0 Å². The highest BCUT2D eigenvalue weighted by Gasteiger charge is 2.46. The summed E-state index contributed by atoms with van der Waals surface area (Å²) in [6.45, 7) is 2.07. The molecule has 5 rings (SSSR count). The number of hydrogen-bond acceptors (Lipinski definition) is 5. The summed E-state index contributed by atoms with van der Waals surface area (Å²) in [5.74, 6) is -1.48. The number of amides is 4. The molecule has 2 fully saturated rings. The number of likely N-dealkylation sites (N-methyl/N-ethyl adjacent to an activating group) is 1. The smallest absolute Gasteiger partial charge is 0.247 e. The van der Waals surface area contributed by atoms with Crippen molar-refractivity contribution in [2.45, 2.75) is 69.2 Å². The molecule has 3 aromatic rings. The molecular formula is C36H42FN5O4. The molecule has 4 amide bonds. The van der Waals surface area contributed by atoms with Crippen LogP contribution in [0.5, 0.6) is 0 Å². The molecule has 242 valence electrons. The molecule has 9 nitrogen and oxygen atoms in total. The lowest BCUT2D eigenvalue weighted by Crippen LogP contribution is -2.62. The van der Waals surface area contributed by atoms with Gasteiger partial charge in [-0.05, 0) is 68.5 Å². The van der Waals surface area contributed by atoms with E-state index in [0.29, 0.717) is 32.2 Å². The Morgan fingerprint density at radius 3 is 2.13 bits per heavy atom. The Morgan fingerprint density at radius 1 is 0.891 bits per heavy atom. The normalized spacial score (nSPS) is 20.4. The molecule has 0 aromatic heterocycles. The van der Waals surface area contributed by atoms with Crippen molar-refractivity contribution in [1.29, 1.82) is 0 Å². The lowest BCUT2D eigenvalue weighted by Gasteiger charge is -2.39. The SMILES string of the molecule is CN[C@@H](C)C(=O)N[C@H]1CN(C(=O)CCc2ccc(F)cc2)CC[C@H]2CC[C@@H](C(=O)NC(c3ccccc3)c3ccccc3)N2C1=O. The number of rotatable bonds is 10. The molecule has 2 saturated heterocycles. The fourth-order valence-corrected chi connectivity index (χ4v) is 6.34. The summed E-state index contributed by atoms with van der Waals surface area (Å²) in [6, 6.07) is 22.5. The van der Waals surface area contributed by atoms with E-state index in [4.69, 9.17) is 0 Å². The maximum absolute atomic E-state index is 14.3. The number of hydrogen-bond donors (Lipinski definition) is 3. The highest BCUT2D eigenvalue weighted by molar-refractivity contribution is 5.94. The molecule has 0 unspecified atom stereocenters. The lowest BCUT2D eigenvalue weighted by molar-refractivity contribution is -0.147. The Hall–Kier alpha value is -4.57. The van der Waals surface area contributed by atoms with Crippen molar-refractivity contribution in [1.82, 2.24) is 25.8 Å². The molecule has 2 aliphatic heterocycles. The van der Waals surface area contributed by atoms with Crippen molar-refractivity contribution in [2.75, 3.05) is 20.1 Å². The summed E-state index contributed by atoms with van der Waals surface area (Å²) in [6.07, 6.45) is 2.22. The molecule has 0 radical (unpaired) electrons. The molecule has 0 bridgehead atoms. The number of fused-ring (bicyclic) bond motifs is 1. The summed E-state index contributed by atoms with van der Waals surface area (Å²) in [5, 5.41) is 8.96. The van der Waals surface area contributed by atoms with E-state index in [1.54, 1.807) is 35.9 Å². The second kappa shape index (κ2) is 15.1. The molecule has 0 aliphatic carbocycles. The average molecular weight is 628 g/mol. The van der Waals surface area contributed by atoms with Crippen LogP contribution in [0.3, 0.4) is 0 Å². The Morgan fingerprint density at radius 2 is 1.52 bits per heavy atom. The molecule has 46 heavy (non-hydrogen) atoms. The van der Waals surface area contributed by atoms with E-state index in [9.17, 15) is 23.6 Å². The van der Waals surface area contributed by atoms with E-state index in [1.807, 2.05) is 60.7 Å². The maximum atomic E-state index is 14.3. The van der Waals surface area contributed by atoms with Crippen molar-refractivity contribution < 1.29 is 23.6 Å². The molecule has 10 heteroatoms. The van der Waals surface area contributed by atoms with Gasteiger partial charge < -0.3 is 25.8 Å². The molecular weight excluding hydrogens is 585 g/mol. The topological polar surface area (TPSA) is 111 Å². The third kappa shape index (κ3) is 7.80. The number of halogens is 1. The average Bonchev–Trinajstić information content (AvgIpc) is 3.51. The number of carbonyl (C=O) groups is 4. The first-order valence-corrected chi connectivity index (χ1v) is 16.0. The summed E-state index contributed by atoms with van der Waals surface area (Å²) in [7, 11) is 1.66. The van der Waals surface area contributed by atoms with Gasteiger partial charge in [-0.1, -0.05) is 72.8 Å². The van der Waals surface area contributed by atoms with E-state index in [2.05, 4.69) is 16.0 Å². The fraction of sp³-hybridized carbons (Fsp3) is 0.389. The molecule has 3 N–H and O–H groups in total. The van der Waals surface area contributed by atoms with Crippen LogP contribution in [0.15, 0.2) is 84.9 Å². The van der Waals surface area contributed by atoms with E-state index in [-0.39, 0.29) is 48.5 Å². The predicted octanol–water partition coefficient (Wildman–Crippen LogP) is 3.35. The summed E-state index contributed by atoms with van der Waals surface area (Å²) >= 11 is 0. The third-order valence-corrected chi connectivity index (χ3v) is 9.08. The summed E-state index contributed by atoms with van der Waals surface area (Å²) in [4.78, 5) is 58.0. The van der Waals surface area contributed by atoms with Crippen molar-refractivity contribution in [3.63, 3.8) is 0 Å². The lowest BCUT2D eigenvalue weighted by atomic mass is 9.98. The van der Waals surface area contributed by atoms with Crippen LogP contribution < -0.4 is 16.0 Å². The van der Waals surface area contributed by atoms with Crippen molar-refractivity contribution in [3.05, 3.63) is 107 Å². The summed E-state index contributed by atoms with van der Waals surface area (Å²) in [5.41, 5.74) is 2.69. The first kappa shape index (κ1) is 32.8. The molecule has 2 heterocycles. The number of nitrogens with zero attached hydrogens (tertiary/aromatic N) is 2. The van der Waals surface area contributed by atoms with Crippen molar-refractivity contribution >= 4 is 23.6 Å². The number of carbonyl (C=O) groups excluding carboxylic acids is 4. The van der Waals surface area contributed by atoms with Crippen molar-refractivity contribution in [3.8, 4) is 0 Å². The Labute approximate surface area is 269 Å². The third-order valence-electron chi connectivity index (χ3n) is 9.08. The minimum absolute atomic E-state index is 0.00251. The van der Waals surface area contributed by atoms with E-state index in [0.717, 1.165) is 16.7 Å². The van der Waals surface area contributed by atoms with Crippen LogP contribution in [0.2, 0.25) is 0 Å². The second-order valence-corrected chi connectivity index (χ2v) is 12.1. The van der Waals surface area contributed by atoms with Crippen LogP contribution in [0.1, 0.15) is 55.3 Å². The number of aryl methyl sites for hydroxylation is 1. The van der Waals surface area contributed by atoms with Gasteiger partial charge in [0.05, 0.1) is 12.1 Å². The number of nitrogens with one attached hydrogen (secondary N) is 3. The molecule has 3 aromatic carbocycles. The quantitative estimate of drug-likeness (QED) is 0.320. The molecule has 4 atom stereocenters. The van der Waals surface area contributed by atoms with Crippen LogP contribution >= 0.6 is 0 Å². The van der Waals surface area contributed by atoms with Gasteiger partial charge in [-0.2, -0.15) is 0 Å². The Balaban J connectivity index is 1.35. The van der Waals surface area contributed by atoms with Gasteiger partial charge in [0.1, 0.15) is 17.9 Å². The van der Waals surface area contributed by atoms with Crippen LogP contribution in [-0.2, 0) is 25.6 Å². The highest BCUT2D eigenvalue weighted by Crippen LogP contribution is 2.31. The van der Waals surface area contributed by atoms with Crippen LogP contribution in [0.4, 0.5) is 4.39 Å². The molecule has 2 aliphatic rings. The standard InChI is InChI=1S/C36H42FN5O4/c1-24(38-2)34(44)39-30-23-41(32(43)20-15-25-13-16-28(37)17-14-25)22-21-29-18-19-31(42(29)36(30)46)35(45)40-33(26-9-5-3-6-10-26)27-11-7-4-8-12-27/h3-14,16-17,24,29-31,33,38H,15,18-23H2,1-2H3,(H,39,44)(H,40,45)/t24-,29+,30-,31-/m0/s1. The molecule has 0 spiro atoms. The Bertz CT molecular complexity index is 1460.